The average molecular weight is 212 g/mol. The molecule has 1 aromatic rings. The van der Waals surface area contributed by atoms with Crippen molar-refractivity contribution < 1.29 is 13.6 Å². The lowest BCUT2D eigenvalue weighted by molar-refractivity contribution is 0.0226. The van der Waals surface area contributed by atoms with Crippen LogP contribution in [-0.2, 0) is 0 Å². The fourth-order valence-corrected chi connectivity index (χ4v) is 1.54. The Morgan fingerprint density at radius 3 is 2.67 bits per heavy atom. The molecule has 0 aliphatic heterocycles. The van der Waals surface area contributed by atoms with Crippen LogP contribution >= 0.6 is 22.9 Å². The summed E-state index contributed by atoms with van der Waals surface area (Å²) in [6.45, 7) is 0.545. The molecule has 0 atom stereocenters. The van der Waals surface area contributed by atoms with Crippen molar-refractivity contribution in [3.05, 3.63) is 15.5 Å². The average Bonchev–Trinajstić information content (AvgIpc) is 2.32. The first-order chi connectivity index (χ1) is 5.41. The van der Waals surface area contributed by atoms with Gasteiger partial charge in [0.2, 0.25) is 5.78 Å². The second-order valence-electron chi connectivity index (χ2n) is 2.19. The van der Waals surface area contributed by atoms with Crippen molar-refractivity contribution in [2.45, 2.75) is 12.8 Å². The van der Waals surface area contributed by atoms with E-state index in [0.717, 1.165) is 17.5 Å². The predicted molar refractivity (Wildman–Crippen MR) is 42.1 cm³/mol. The number of hydrogen-bond acceptors (Lipinski definition) is 3. The third kappa shape index (κ3) is 1.98. The van der Waals surface area contributed by atoms with Gasteiger partial charge in [-0.2, -0.15) is 8.78 Å². The molecule has 0 unspecified atom stereocenters. The SMILES string of the molecule is CC(F)(F)C(=O)c1cnc(Cl)s1. The fourth-order valence-electron chi connectivity index (χ4n) is 0.574. The summed E-state index contributed by atoms with van der Waals surface area (Å²) in [5.41, 5.74) is 0. The van der Waals surface area contributed by atoms with Crippen molar-refractivity contribution in [2.24, 2.45) is 0 Å². The molecule has 1 aromatic heterocycles. The molecule has 0 bridgehead atoms. The molecule has 0 N–H and O–H groups in total. The zero-order chi connectivity index (χ0) is 9.35. The molecule has 0 aliphatic carbocycles. The van der Waals surface area contributed by atoms with E-state index < -0.39 is 11.7 Å². The minimum absolute atomic E-state index is 0.0857. The van der Waals surface area contributed by atoms with Crippen molar-refractivity contribution in [3.63, 3.8) is 0 Å². The van der Waals surface area contributed by atoms with Crippen LogP contribution in [0.15, 0.2) is 6.20 Å². The number of aromatic nitrogens is 1. The summed E-state index contributed by atoms with van der Waals surface area (Å²) < 4.78 is 24.9. The number of carbonyl (C=O) groups excluding carboxylic acids is 1. The van der Waals surface area contributed by atoms with Gasteiger partial charge in [0.05, 0.1) is 11.1 Å². The van der Waals surface area contributed by atoms with Crippen LogP contribution in [0.25, 0.3) is 0 Å². The Labute approximate surface area is 76.2 Å². The van der Waals surface area contributed by atoms with Crippen LogP contribution in [0.1, 0.15) is 16.6 Å². The van der Waals surface area contributed by atoms with Crippen LogP contribution in [0.4, 0.5) is 8.78 Å². The number of thiazole rings is 1. The first-order valence-corrected chi connectivity index (χ1v) is 4.14. The van der Waals surface area contributed by atoms with E-state index >= 15 is 0 Å². The van der Waals surface area contributed by atoms with Gasteiger partial charge in [-0.25, -0.2) is 4.98 Å². The van der Waals surface area contributed by atoms with Gasteiger partial charge in [-0.15, -0.1) is 0 Å². The van der Waals surface area contributed by atoms with E-state index in [4.69, 9.17) is 11.6 Å². The zero-order valence-electron chi connectivity index (χ0n) is 5.97. The maximum atomic E-state index is 12.4. The summed E-state index contributed by atoms with van der Waals surface area (Å²) in [6, 6.07) is 0. The van der Waals surface area contributed by atoms with Gasteiger partial charge >= 0.3 is 5.92 Å². The van der Waals surface area contributed by atoms with E-state index in [0.29, 0.717) is 6.92 Å². The third-order valence-corrected chi connectivity index (χ3v) is 2.21. The minimum Gasteiger partial charge on any atom is -0.286 e. The highest BCUT2D eigenvalue weighted by atomic mass is 35.5. The number of alkyl halides is 2. The molecule has 0 aliphatic rings. The van der Waals surface area contributed by atoms with Gasteiger partial charge in [-0.3, -0.25) is 4.79 Å². The molecule has 0 aromatic carbocycles. The van der Waals surface area contributed by atoms with Gasteiger partial charge in [0.1, 0.15) is 0 Å². The van der Waals surface area contributed by atoms with Crippen LogP contribution in [0.3, 0.4) is 0 Å². The van der Waals surface area contributed by atoms with E-state index in [1.165, 1.54) is 0 Å². The number of ketones is 1. The second-order valence-corrected chi connectivity index (χ2v) is 3.81. The molecule has 2 nitrogen and oxygen atoms in total. The highest BCUT2D eigenvalue weighted by Gasteiger charge is 2.34. The van der Waals surface area contributed by atoms with E-state index in [2.05, 4.69) is 4.98 Å². The molecule has 12 heavy (non-hydrogen) atoms. The maximum Gasteiger partial charge on any atom is 0.307 e. The van der Waals surface area contributed by atoms with Crippen LogP contribution in [-0.4, -0.2) is 16.7 Å². The molecule has 0 radical (unpaired) electrons. The largest absolute Gasteiger partial charge is 0.307 e. The normalized spacial score (nSPS) is 11.7. The smallest absolute Gasteiger partial charge is 0.286 e. The molecule has 1 heterocycles. The maximum absolute atomic E-state index is 12.4. The van der Waals surface area contributed by atoms with Gasteiger partial charge in [0, 0.05) is 6.92 Å². The highest BCUT2D eigenvalue weighted by molar-refractivity contribution is 7.17. The summed E-state index contributed by atoms with van der Waals surface area (Å²) in [7, 11) is 0. The molecule has 0 spiro atoms. The van der Waals surface area contributed by atoms with E-state index in [-0.39, 0.29) is 9.34 Å². The summed E-state index contributed by atoms with van der Waals surface area (Å²) in [5.74, 6) is -4.59. The summed E-state index contributed by atoms with van der Waals surface area (Å²) in [6.07, 6.45) is 1.05. The Bertz CT molecular complexity index is 307. The van der Waals surface area contributed by atoms with Crippen LogP contribution in [0, 0.1) is 0 Å². The molecule has 1 rings (SSSR count). The van der Waals surface area contributed by atoms with Crippen molar-refractivity contribution in [1.29, 1.82) is 0 Å². The lowest BCUT2D eigenvalue weighted by atomic mass is 10.2. The Morgan fingerprint density at radius 2 is 2.33 bits per heavy atom. The predicted octanol–water partition coefficient (Wildman–Crippen LogP) is 2.63. The van der Waals surface area contributed by atoms with E-state index in [1.807, 2.05) is 0 Å². The van der Waals surface area contributed by atoms with E-state index in [1.54, 1.807) is 0 Å². The second kappa shape index (κ2) is 3.06. The highest BCUT2D eigenvalue weighted by Crippen LogP contribution is 2.25. The Hall–Kier alpha value is -0.550. The van der Waals surface area contributed by atoms with Gasteiger partial charge in [-0.05, 0) is 0 Å². The number of Topliss-reactive ketones (excluding diaryl/α,β-unsaturated/α-hetero) is 1. The minimum atomic E-state index is -3.35. The molecule has 0 amide bonds. The van der Waals surface area contributed by atoms with Crippen molar-refractivity contribution in [1.82, 2.24) is 4.98 Å². The number of rotatable bonds is 2. The molecule has 66 valence electrons. The van der Waals surface area contributed by atoms with Gasteiger partial charge in [0.15, 0.2) is 4.47 Å². The molecule has 6 heteroatoms. The molecule has 0 saturated heterocycles. The lowest BCUT2D eigenvalue weighted by Crippen LogP contribution is -2.23. The van der Waals surface area contributed by atoms with Crippen LogP contribution in [0.2, 0.25) is 4.47 Å². The first kappa shape index (κ1) is 9.54. The summed E-state index contributed by atoms with van der Waals surface area (Å²) >= 11 is 6.11. The Morgan fingerprint density at radius 1 is 1.75 bits per heavy atom. The van der Waals surface area contributed by atoms with Crippen molar-refractivity contribution >= 4 is 28.7 Å². The van der Waals surface area contributed by atoms with Gasteiger partial charge in [0.25, 0.3) is 0 Å². The fraction of sp³-hybridized carbons (Fsp3) is 0.333. The molecule has 0 saturated carbocycles. The molecule has 0 fully saturated rings. The summed E-state index contributed by atoms with van der Waals surface area (Å²) in [4.78, 5) is 14.2. The van der Waals surface area contributed by atoms with Crippen molar-refractivity contribution in [2.75, 3.05) is 0 Å². The quantitative estimate of drug-likeness (QED) is 0.704. The Balaban J connectivity index is 2.93. The molecular weight excluding hydrogens is 208 g/mol. The first-order valence-electron chi connectivity index (χ1n) is 2.95. The van der Waals surface area contributed by atoms with Crippen LogP contribution < -0.4 is 0 Å². The van der Waals surface area contributed by atoms with Crippen molar-refractivity contribution in [3.8, 4) is 0 Å². The lowest BCUT2D eigenvalue weighted by Gasteiger charge is -2.04. The van der Waals surface area contributed by atoms with Crippen LogP contribution in [0.5, 0.6) is 0 Å². The van der Waals surface area contributed by atoms with Gasteiger partial charge in [-0.1, -0.05) is 22.9 Å². The number of carbonyl (C=O) groups is 1. The monoisotopic (exact) mass is 211 g/mol. The van der Waals surface area contributed by atoms with E-state index in [9.17, 15) is 13.6 Å². The summed E-state index contributed by atoms with van der Waals surface area (Å²) in [5, 5.41) is 0. The number of nitrogens with zero attached hydrogens (tertiary/aromatic N) is 1. The standard InChI is InChI=1S/C6H4ClF2NOS/c1-6(8,9)4(11)3-2-10-5(7)12-3/h2H,1H3. The number of halogens is 3. The zero-order valence-corrected chi connectivity index (χ0v) is 7.55. The number of hydrogen-bond donors (Lipinski definition) is 0. The van der Waals surface area contributed by atoms with Gasteiger partial charge < -0.3 is 0 Å². The molecular formula is C6H4ClF2NOS. The Kier molecular flexibility index (Phi) is 2.44. The third-order valence-electron chi connectivity index (χ3n) is 1.10. The topological polar surface area (TPSA) is 30.0 Å².